The van der Waals surface area contributed by atoms with Crippen molar-refractivity contribution in [1.82, 2.24) is 20.5 Å². The smallest absolute Gasteiger partial charge is 0.316 e. The molecule has 2 N–H and O–H groups in total. The van der Waals surface area contributed by atoms with Crippen LogP contribution in [-0.2, 0) is 12.7 Å². The molecule has 0 spiro atoms. The van der Waals surface area contributed by atoms with Crippen LogP contribution >= 0.6 is 11.8 Å². The number of alkyl halides is 3. The monoisotopic (exact) mass is 288 g/mol. The van der Waals surface area contributed by atoms with E-state index in [1.54, 1.807) is 13.1 Å². The number of nitrogens with one attached hydrogen (secondary N) is 2. The summed E-state index contributed by atoms with van der Waals surface area (Å²) in [4.78, 5) is 3.91. The molecule has 1 aromatic carbocycles. The fourth-order valence-corrected chi connectivity index (χ4v) is 2.38. The summed E-state index contributed by atoms with van der Waals surface area (Å²) in [5.74, 6) is 0. The maximum absolute atomic E-state index is 13.0. The minimum atomic E-state index is -4.40. The summed E-state index contributed by atoms with van der Waals surface area (Å²) in [5.41, 5.74) is -0.0848. The van der Waals surface area contributed by atoms with Crippen molar-refractivity contribution in [2.24, 2.45) is 0 Å². The fraction of sp³-hybridized carbons (Fsp3) is 0.273. The molecule has 1 aromatic heterocycles. The van der Waals surface area contributed by atoms with Gasteiger partial charge in [-0.3, -0.25) is 5.10 Å². The van der Waals surface area contributed by atoms with Crippen molar-refractivity contribution in [2.75, 3.05) is 7.05 Å². The van der Waals surface area contributed by atoms with E-state index in [4.69, 9.17) is 0 Å². The zero-order valence-corrected chi connectivity index (χ0v) is 10.8. The molecule has 102 valence electrons. The van der Waals surface area contributed by atoms with Gasteiger partial charge in [0.2, 0.25) is 0 Å². The number of benzene rings is 1. The molecule has 0 atom stereocenters. The molecular formula is C11H11F3N4S. The van der Waals surface area contributed by atoms with E-state index in [1.165, 1.54) is 12.4 Å². The predicted molar refractivity (Wildman–Crippen MR) is 64.7 cm³/mol. The van der Waals surface area contributed by atoms with Crippen molar-refractivity contribution in [3.8, 4) is 0 Å². The fourth-order valence-electron chi connectivity index (χ4n) is 1.55. The van der Waals surface area contributed by atoms with Gasteiger partial charge in [-0.25, -0.2) is 4.98 Å². The average molecular weight is 288 g/mol. The normalized spacial score (nSPS) is 11.8. The third-order valence-electron chi connectivity index (χ3n) is 2.33. The van der Waals surface area contributed by atoms with Crippen molar-refractivity contribution in [3.05, 3.63) is 35.7 Å². The molecule has 19 heavy (non-hydrogen) atoms. The van der Waals surface area contributed by atoms with Crippen LogP contribution in [0.5, 0.6) is 0 Å². The van der Waals surface area contributed by atoms with Crippen LogP contribution in [0.2, 0.25) is 0 Å². The second-order valence-electron chi connectivity index (χ2n) is 3.75. The zero-order chi connectivity index (χ0) is 13.9. The third-order valence-corrected chi connectivity index (χ3v) is 3.30. The Hall–Kier alpha value is -1.54. The summed E-state index contributed by atoms with van der Waals surface area (Å²) < 4.78 is 39.1. The molecule has 8 heteroatoms. The quantitative estimate of drug-likeness (QED) is 0.908. The Morgan fingerprint density at radius 1 is 1.37 bits per heavy atom. The van der Waals surface area contributed by atoms with Crippen molar-refractivity contribution in [3.63, 3.8) is 0 Å². The summed E-state index contributed by atoms with van der Waals surface area (Å²) >= 11 is 0.905. The lowest BCUT2D eigenvalue weighted by atomic mass is 10.1. The number of aromatic amines is 1. The molecule has 0 radical (unpaired) electrons. The first-order chi connectivity index (χ1) is 9.00. The van der Waals surface area contributed by atoms with Crippen LogP contribution in [0.25, 0.3) is 0 Å². The van der Waals surface area contributed by atoms with Gasteiger partial charge in [-0.15, -0.1) is 0 Å². The Bertz CT molecular complexity index is 539. The molecule has 0 saturated carbocycles. The van der Waals surface area contributed by atoms with Gasteiger partial charge in [-0.2, -0.15) is 18.3 Å². The van der Waals surface area contributed by atoms with Crippen molar-refractivity contribution >= 4 is 11.8 Å². The minimum absolute atomic E-state index is 0.101. The number of aromatic nitrogens is 3. The van der Waals surface area contributed by atoms with E-state index in [9.17, 15) is 13.2 Å². The lowest BCUT2D eigenvalue weighted by Crippen LogP contribution is -2.10. The van der Waals surface area contributed by atoms with Gasteiger partial charge in [0.15, 0.2) is 5.16 Å². The highest BCUT2D eigenvalue weighted by molar-refractivity contribution is 7.99. The number of rotatable bonds is 4. The van der Waals surface area contributed by atoms with Crippen LogP contribution in [0.4, 0.5) is 13.2 Å². The summed E-state index contributed by atoms with van der Waals surface area (Å²) in [6.45, 7) is 0.385. The minimum Gasteiger partial charge on any atom is -0.316 e. The lowest BCUT2D eigenvalue weighted by molar-refractivity contribution is -0.139. The van der Waals surface area contributed by atoms with Crippen LogP contribution in [0.15, 0.2) is 34.6 Å². The van der Waals surface area contributed by atoms with E-state index < -0.39 is 11.7 Å². The molecule has 0 bridgehead atoms. The largest absolute Gasteiger partial charge is 0.417 e. The Kier molecular flexibility index (Phi) is 4.11. The maximum Gasteiger partial charge on any atom is 0.417 e. The summed E-state index contributed by atoms with van der Waals surface area (Å²) in [6, 6.07) is 4.25. The van der Waals surface area contributed by atoms with Crippen LogP contribution < -0.4 is 5.32 Å². The van der Waals surface area contributed by atoms with Gasteiger partial charge in [-0.05, 0) is 36.5 Å². The summed E-state index contributed by atoms with van der Waals surface area (Å²) in [6.07, 6.45) is -3.14. The maximum atomic E-state index is 13.0. The van der Waals surface area contributed by atoms with E-state index >= 15 is 0 Å². The van der Waals surface area contributed by atoms with Crippen LogP contribution in [0.3, 0.4) is 0 Å². The molecule has 2 aromatic rings. The molecule has 0 saturated heterocycles. The number of hydrogen-bond acceptors (Lipinski definition) is 4. The van der Waals surface area contributed by atoms with Crippen LogP contribution in [0.1, 0.15) is 11.1 Å². The molecule has 0 aliphatic rings. The van der Waals surface area contributed by atoms with E-state index in [0.717, 1.165) is 17.8 Å². The third kappa shape index (κ3) is 3.48. The Labute approximate surface area is 111 Å². The Balaban J connectivity index is 2.36. The molecule has 1 heterocycles. The highest BCUT2D eigenvalue weighted by atomic mass is 32.2. The predicted octanol–water partition coefficient (Wildman–Crippen LogP) is 2.69. The lowest BCUT2D eigenvalue weighted by Gasteiger charge is -2.13. The second kappa shape index (κ2) is 5.62. The van der Waals surface area contributed by atoms with Crippen molar-refractivity contribution in [1.29, 1.82) is 0 Å². The van der Waals surface area contributed by atoms with Crippen molar-refractivity contribution in [2.45, 2.75) is 22.8 Å². The van der Waals surface area contributed by atoms with Gasteiger partial charge in [-0.1, -0.05) is 6.07 Å². The zero-order valence-electron chi connectivity index (χ0n) is 9.95. The average Bonchev–Trinajstić information content (AvgIpc) is 2.83. The van der Waals surface area contributed by atoms with E-state index in [2.05, 4.69) is 20.5 Å². The van der Waals surface area contributed by atoms with Crippen LogP contribution in [-0.4, -0.2) is 22.2 Å². The van der Waals surface area contributed by atoms with E-state index in [0.29, 0.717) is 17.3 Å². The molecule has 0 aliphatic heterocycles. The standard InChI is InChI=1S/C11H11F3N4S/c1-15-5-7-2-3-9(8(4-7)11(12,13)14)19-10-16-6-17-18-10/h2-4,6,15H,5H2,1H3,(H,16,17,18). The van der Waals surface area contributed by atoms with E-state index in [1.807, 2.05) is 0 Å². The highest BCUT2D eigenvalue weighted by Gasteiger charge is 2.34. The van der Waals surface area contributed by atoms with Gasteiger partial charge in [0.05, 0.1) is 5.56 Å². The molecule has 0 aliphatic carbocycles. The molecular weight excluding hydrogens is 277 g/mol. The van der Waals surface area contributed by atoms with Gasteiger partial charge in [0.25, 0.3) is 0 Å². The Morgan fingerprint density at radius 3 is 2.74 bits per heavy atom. The first-order valence-electron chi connectivity index (χ1n) is 5.38. The van der Waals surface area contributed by atoms with Crippen molar-refractivity contribution < 1.29 is 13.2 Å². The molecule has 0 unspecified atom stereocenters. The van der Waals surface area contributed by atoms with Gasteiger partial charge >= 0.3 is 6.18 Å². The van der Waals surface area contributed by atoms with Crippen LogP contribution in [0, 0.1) is 0 Å². The number of hydrogen-bond donors (Lipinski definition) is 2. The Morgan fingerprint density at radius 2 is 2.16 bits per heavy atom. The first-order valence-corrected chi connectivity index (χ1v) is 6.20. The number of H-pyrrole nitrogens is 1. The van der Waals surface area contributed by atoms with Gasteiger partial charge in [0, 0.05) is 11.4 Å². The number of nitrogens with zero attached hydrogens (tertiary/aromatic N) is 2. The second-order valence-corrected chi connectivity index (χ2v) is 4.78. The molecule has 4 nitrogen and oxygen atoms in total. The highest BCUT2D eigenvalue weighted by Crippen LogP contribution is 2.38. The van der Waals surface area contributed by atoms with Gasteiger partial charge < -0.3 is 5.32 Å². The molecule has 2 rings (SSSR count). The SMILES string of the molecule is CNCc1ccc(Sc2ncn[nH]2)c(C(F)(F)F)c1. The molecule has 0 amide bonds. The topological polar surface area (TPSA) is 53.6 Å². The summed E-state index contributed by atoms with van der Waals surface area (Å²) in [5, 5.41) is 9.29. The first kappa shape index (κ1) is 13.9. The molecule has 0 fully saturated rings. The van der Waals surface area contributed by atoms with E-state index in [-0.39, 0.29) is 4.90 Å². The van der Waals surface area contributed by atoms with Gasteiger partial charge in [0.1, 0.15) is 6.33 Å². The number of halogens is 3. The summed E-state index contributed by atoms with van der Waals surface area (Å²) in [7, 11) is 1.68.